The van der Waals surface area contributed by atoms with Crippen LogP contribution < -0.4 is 5.32 Å². The van der Waals surface area contributed by atoms with Crippen LogP contribution in [0, 0.1) is 0 Å². The molecule has 1 saturated heterocycles. The summed E-state index contributed by atoms with van der Waals surface area (Å²) in [6, 6.07) is 11.0. The minimum absolute atomic E-state index is 0.751. The van der Waals surface area contributed by atoms with Crippen molar-refractivity contribution in [1.82, 2.24) is 10.2 Å². The number of nitrogens with one attached hydrogen (secondary N) is 1. The highest BCUT2D eigenvalue weighted by atomic mass is 15.2. The third-order valence-electron chi connectivity index (χ3n) is 4.36. The van der Waals surface area contributed by atoms with E-state index in [2.05, 4.69) is 47.5 Å². The number of rotatable bonds is 9. The Balaban J connectivity index is 1.55. The van der Waals surface area contributed by atoms with Crippen molar-refractivity contribution in [2.45, 2.75) is 44.9 Å². The van der Waals surface area contributed by atoms with Gasteiger partial charge in [0.05, 0.1) is 0 Å². The van der Waals surface area contributed by atoms with Gasteiger partial charge in [-0.25, -0.2) is 0 Å². The van der Waals surface area contributed by atoms with E-state index >= 15 is 0 Å². The molecule has 2 rings (SSSR count). The largest absolute Gasteiger partial charge is 0.315 e. The van der Waals surface area contributed by atoms with Crippen LogP contribution in [0.4, 0.5) is 0 Å². The predicted molar refractivity (Wildman–Crippen MR) is 87.3 cm³/mol. The quantitative estimate of drug-likeness (QED) is 0.692. The van der Waals surface area contributed by atoms with E-state index in [9.17, 15) is 0 Å². The molecule has 1 heterocycles. The molecule has 2 heteroatoms. The molecule has 1 aromatic rings. The predicted octanol–water partition coefficient (Wildman–Crippen LogP) is 3.65. The Labute approximate surface area is 124 Å². The van der Waals surface area contributed by atoms with Crippen LogP contribution in [0.2, 0.25) is 0 Å². The second-order valence-electron chi connectivity index (χ2n) is 6.01. The average molecular weight is 274 g/mol. The van der Waals surface area contributed by atoms with Crippen molar-refractivity contribution in [2.24, 2.45) is 0 Å². The van der Waals surface area contributed by atoms with Gasteiger partial charge in [-0.15, -0.1) is 0 Å². The Bertz CT molecular complexity index is 350. The SMILES string of the molecule is CCCCCCNCCN1CCC(c2ccccc2)C1. The summed E-state index contributed by atoms with van der Waals surface area (Å²) in [5, 5.41) is 3.58. The van der Waals surface area contributed by atoms with E-state index in [1.807, 2.05) is 0 Å². The van der Waals surface area contributed by atoms with Crippen LogP contribution in [0.15, 0.2) is 30.3 Å². The van der Waals surface area contributed by atoms with Crippen molar-refractivity contribution in [3.05, 3.63) is 35.9 Å². The fourth-order valence-corrected chi connectivity index (χ4v) is 3.07. The van der Waals surface area contributed by atoms with Crippen molar-refractivity contribution in [3.8, 4) is 0 Å². The first-order valence-electron chi connectivity index (χ1n) is 8.38. The maximum Gasteiger partial charge on any atom is 0.0107 e. The van der Waals surface area contributed by atoms with Crippen LogP contribution in [0.3, 0.4) is 0 Å². The zero-order valence-electron chi connectivity index (χ0n) is 13.0. The van der Waals surface area contributed by atoms with Gasteiger partial charge in [0.1, 0.15) is 0 Å². The number of hydrogen-bond donors (Lipinski definition) is 1. The molecule has 1 unspecified atom stereocenters. The molecule has 0 amide bonds. The zero-order valence-corrected chi connectivity index (χ0v) is 13.0. The van der Waals surface area contributed by atoms with Gasteiger partial charge in [0.15, 0.2) is 0 Å². The highest BCUT2D eigenvalue weighted by molar-refractivity contribution is 5.20. The highest BCUT2D eigenvalue weighted by Gasteiger charge is 2.22. The Morgan fingerprint density at radius 1 is 1.10 bits per heavy atom. The number of nitrogens with zero attached hydrogens (tertiary/aromatic N) is 1. The van der Waals surface area contributed by atoms with Gasteiger partial charge in [0.2, 0.25) is 0 Å². The monoisotopic (exact) mass is 274 g/mol. The summed E-state index contributed by atoms with van der Waals surface area (Å²) < 4.78 is 0. The topological polar surface area (TPSA) is 15.3 Å². The Kier molecular flexibility index (Phi) is 7.10. The highest BCUT2D eigenvalue weighted by Crippen LogP contribution is 2.26. The molecule has 0 saturated carbocycles. The molecule has 0 aromatic heterocycles. The maximum absolute atomic E-state index is 3.58. The van der Waals surface area contributed by atoms with Crippen molar-refractivity contribution < 1.29 is 0 Å². The summed E-state index contributed by atoms with van der Waals surface area (Å²) in [7, 11) is 0. The second kappa shape index (κ2) is 9.15. The first-order valence-corrected chi connectivity index (χ1v) is 8.38. The molecule has 20 heavy (non-hydrogen) atoms. The number of hydrogen-bond acceptors (Lipinski definition) is 2. The van der Waals surface area contributed by atoms with Crippen LogP contribution in [-0.4, -0.2) is 37.6 Å². The van der Waals surface area contributed by atoms with Crippen molar-refractivity contribution >= 4 is 0 Å². The molecule has 1 aromatic carbocycles. The smallest absolute Gasteiger partial charge is 0.0107 e. The summed E-state index contributed by atoms with van der Waals surface area (Å²) in [5.41, 5.74) is 1.52. The lowest BCUT2D eigenvalue weighted by Gasteiger charge is -2.16. The molecular weight excluding hydrogens is 244 g/mol. The van der Waals surface area contributed by atoms with Crippen molar-refractivity contribution in [3.63, 3.8) is 0 Å². The lowest BCUT2D eigenvalue weighted by molar-refractivity contribution is 0.331. The lowest BCUT2D eigenvalue weighted by atomic mass is 9.99. The minimum Gasteiger partial charge on any atom is -0.315 e. The molecule has 112 valence electrons. The molecule has 2 nitrogen and oxygen atoms in total. The summed E-state index contributed by atoms with van der Waals surface area (Å²) in [6.45, 7) is 8.31. The number of benzene rings is 1. The summed E-state index contributed by atoms with van der Waals surface area (Å²) in [6.07, 6.45) is 6.74. The van der Waals surface area contributed by atoms with Gasteiger partial charge in [-0.2, -0.15) is 0 Å². The Hall–Kier alpha value is -0.860. The Morgan fingerprint density at radius 2 is 1.95 bits per heavy atom. The second-order valence-corrected chi connectivity index (χ2v) is 6.01. The molecule has 1 aliphatic rings. The molecule has 1 N–H and O–H groups in total. The number of unbranched alkanes of at least 4 members (excludes halogenated alkanes) is 3. The van der Waals surface area contributed by atoms with E-state index < -0.39 is 0 Å². The molecule has 1 atom stereocenters. The minimum atomic E-state index is 0.751. The zero-order chi connectivity index (χ0) is 14.0. The van der Waals surface area contributed by atoms with Gasteiger partial charge in [-0.3, -0.25) is 0 Å². The molecular formula is C18H30N2. The Morgan fingerprint density at radius 3 is 2.75 bits per heavy atom. The van der Waals surface area contributed by atoms with Crippen LogP contribution in [-0.2, 0) is 0 Å². The van der Waals surface area contributed by atoms with Crippen molar-refractivity contribution in [1.29, 1.82) is 0 Å². The van der Waals surface area contributed by atoms with Crippen LogP contribution in [0.25, 0.3) is 0 Å². The van der Waals surface area contributed by atoms with Gasteiger partial charge >= 0.3 is 0 Å². The number of likely N-dealkylation sites (tertiary alicyclic amines) is 1. The van der Waals surface area contributed by atoms with Crippen molar-refractivity contribution in [2.75, 3.05) is 32.7 Å². The molecule has 0 radical (unpaired) electrons. The normalized spacial score (nSPS) is 19.6. The van der Waals surface area contributed by atoms with Crippen LogP contribution >= 0.6 is 0 Å². The first kappa shape index (κ1) is 15.5. The van der Waals surface area contributed by atoms with Gasteiger partial charge in [0.25, 0.3) is 0 Å². The first-order chi connectivity index (χ1) is 9.90. The summed E-state index contributed by atoms with van der Waals surface area (Å²) >= 11 is 0. The fraction of sp³-hybridized carbons (Fsp3) is 0.667. The van der Waals surface area contributed by atoms with E-state index in [-0.39, 0.29) is 0 Å². The van der Waals surface area contributed by atoms with E-state index in [0.717, 1.165) is 12.5 Å². The molecule has 1 fully saturated rings. The van der Waals surface area contributed by atoms with Crippen LogP contribution in [0.1, 0.15) is 50.5 Å². The van der Waals surface area contributed by atoms with Crippen LogP contribution in [0.5, 0.6) is 0 Å². The lowest BCUT2D eigenvalue weighted by Crippen LogP contribution is -2.30. The van der Waals surface area contributed by atoms with Gasteiger partial charge < -0.3 is 10.2 Å². The van der Waals surface area contributed by atoms with Gasteiger partial charge in [-0.1, -0.05) is 56.5 Å². The van der Waals surface area contributed by atoms with E-state index in [1.165, 1.54) is 63.8 Å². The fourth-order valence-electron chi connectivity index (χ4n) is 3.07. The standard InChI is InChI=1S/C18H30N2/c1-2-3-4-8-12-19-13-15-20-14-11-18(16-20)17-9-6-5-7-10-17/h5-7,9-10,18-19H,2-4,8,11-16H2,1H3. The van der Waals surface area contributed by atoms with Gasteiger partial charge in [-0.05, 0) is 37.4 Å². The average Bonchev–Trinajstić information content (AvgIpc) is 2.96. The molecule has 0 bridgehead atoms. The molecule has 0 aliphatic carbocycles. The molecule has 0 spiro atoms. The summed E-state index contributed by atoms with van der Waals surface area (Å²) in [5.74, 6) is 0.751. The third kappa shape index (κ3) is 5.26. The van der Waals surface area contributed by atoms with E-state index in [4.69, 9.17) is 0 Å². The summed E-state index contributed by atoms with van der Waals surface area (Å²) in [4.78, 5) is 2.61. The van der Waals surface area contributed by atoms with E-state index in [0.29, 0.717) is 0 Å². The maximum atomic E-state index is 3.58. The third-order valence-corrected chi connectivity index (χ3v) is 4.36. The van der Waals surface area contributed by atoms with E-state index in [1.54, 1.807) is 0 Å². The van der Waals surface area contributed by atoms with Gasteiger partial charge in [0, 0.05) is 19.6 Å². The molecule has 1 aliphatic heterocycles.